The summed E-state index contributed by atoms with van der Waals surface area (Å²) in [5, 5.41) is 27.0. The molecule has 8 heteroatoms. The van der Waals surface area contributed by atoms with Gasteiger partial charge in [0.15, 0.2) is 0 Å². The van der Waals surface area contributed by atoms with Gasteiger partial charge in [-0.3, -0.25) is 4.79 Å². The molecule has 1 aliphatic heterocycles. The number of para-hydroxylation sites is 1. The van der Waals surface area contributed by atoms with E-state index >= 15 is 0 Å². The second kappa shape index (κ2) is 5.82. The lowest BCUT2D eigenvalue weighted by Gasteiger charge is -2.06. The predicted molar refractivity (Wildman–Crippen MR) is 94.4 cm³/mol. The first kappa shape index (κ1) is 15.0. The Hall–Kier alpha value is -3.55. The molecule has 8 nitrogen and oxygen atoms in total. The normalized spacial score (nSPS) is 14.2. The van der Waals surface area contributed by atoms with E-state index in [1.165, 1.54) is 12.3 Å². The van der Waals surface area contributed by atoms with Crippen molar-refractivity contribution >= 4 is 34.1 Å². The molecule has 0 amide bonds. The SMILES string of the molecule is O=c1c2cccc(/C=N\NC3=NCCN3)c2oc2cc(O)cc(O)c12. The van der Waals surface area contributed by atoms with Crippen LogP contribution in [0, 0.1) is 0 Å². The Morgan fingerprint density at radius 2 is 2.20 bits per heavy atom. The number of benzene rings is 2. The molecular weight excluding hydrogens is 324 g/mol. The Morgan fingerprint density at radius 3 is 3.00 bits per heavy atom. The summed E-state index contributed by atoms with van der Waals surface area (Å²) in [4.78, 5) is 16.8. The van der Waals surface area contributed by atoms with Crippen molar-refractivity contribution < 1.29 is 14.6 Å². The smallest absolute Gasteiger partial charge is 0.212 e. The van der Waals surface area contributed by atoms with E-state index in [1.807, 2.05) is 0 Å². The van der Waals surface area contributed by atoms with Crippen molar-refractivity contribution in [3.05, 3.63) is 46.1 Å². The van der Waals surface area contributed by atoms with Crippen LogP contribution in [0.2, 0.25) is 0 Å². The number of aromatic hydroxyl groups is 2. The molecule has 0 bridgehead atoms. The van der Waals surface area contributed by atoms with E-state index in [0.717, 1.165) is 12.6 Å². The first-order chi connectivity index (χ1) is 12.1. The summed E-state index contributed by atoms with van der Waals surface area (Å²) in [5.74, 6) is 0.0700. The summed E-state index contributed by atoms with van der Waals surface area (Å²) < 4.78 is 5.76. The third-order valence-corrected chi connectivity index (χ3v) is 3.84. The number of guanidine groups is 1. The molecule has 1 aromatic heterocycles. The summed E-state index contributed by atoms with van der Waals surface area (Å²) in [5.41, 5.74) is 3.39. The monoisotopic (exact) mass is 338 g/mol. The van der Waals surface area contributed by atoms with Crippen molar-refractivity contribution in [3.8, 4) is 11.5 Å². The third-order valence-electron chi connectivity index (χ3n) is 3.84. The van der Waals surface area contributed by atoms with Crippen LogP contribution in [0.15, 0.2) is 49.6 Å². The van der Waals surface area contributed by atoms with Gasteiger partial charge in [-0.2, -0.15) is 5.10 Å². The summed E-state index contributed by atoms with van der Waals surface area (Å²) >= 11 is 0. The minimum absolute atomic E-state index is 0.0297. The molecule has 0 saturated heterocycles. The van der Waals surface area contributed by atoms with Gasteiger partial charge in [0.25, 0.3) is 0 Å². The van der Waals surface area contributed by atoms with E-state index in [1.54, 1.807) is 18.2 Å². The quantitative estimate of drug-likeness (QED) is 0.317. The number of rotatable bonds is 2. The average Bonchev–Trinajstić information content (AvgIpc) is 3.08. The highest BCUT2D eigenvalue weighted by atomic mass is 16.3. The second-order valence-corrected chi connectivity index (χ2v) is 5.52. The van der Waals surface area contributed by atoms with Crippen LogP contribution >= 0.6 is 0 Å². The molecule has 2 aromatic carbocycles. The minimum Gasteiger partial charge on any atom is -0.508 e. The Kier molecular flexibility index (Phi) is 3.50. The average molecular weight is 338 g/mol. The van der Waals surface area contributed by atoms with Crippen LogP contribution in [0.5, 0.6) is 11.5 Å². The summed E-state index contributed by atoms with van der Waals surface area (Å²) in [6.45, 7) is 1.46. The lowest BCUT2D eigenvalue weighted by molar-refractivity contribution is 0.453. The highest BCUT2D eigenvalue weighted by Gasteiger charge is 2.14. The maximum absolute atomic E-state index is 12.7. The minimum atomic E-state index is -0.376. The molecule has 0 atom stereocenters. The summed E-state index contributed by atoms with van der Waals surface area (Å²) in [7, 11) is 0. The van der Waals surface area contributed by atoms with Crippen LogP contribution in [0.4, 0.5) is 0 Å². The molecule has 1 aliphatic rings. The number of hydrazone groups is 1. The number of fused-ring (bicyclic) bond motifs is 2. The van der Waals surface area contributed by atoms with Crippen molar-refractivity contribution in [2.45, 2.75) is 0 Å². The van der Waals surface area contributed by atoms with Crippen molar-refractivity contribution in [2.24, 2.45) is 10.1 Å². The van der Waals surface area contributed by atoms with Crippen LogP contribution < -0.4 is 16.2 Å². The fraction of sp³-hybridized carbons (Fsp3) is 0.118. The van der Waals surface area contributed by atoms with E-state index in [0.29, 0.717) is 29.0 Å². The Balaban J connectivity index is 1.85. The van der Waals surface area contributed by atoms with Crippen molar-refractivity contribution in [1.29, 1.82) is 0 Å². The molecule has 4 N–H and O–H groups in total. The molecule has 0 radical (unpaired) electrons. The molecule has 0 fully saturated rings. The zero-order chi connectivity index (χ0) is 17.4. The Bertz CT molecular complexity index is 1100. The van der Waals surface area contributed by atoms with Gasteiger partial charge < -0.3 is 19.9 Å². The second-order valence-electron chi connectivity index (χ2n) is 5.52. The lowest BCUT2D eigenvalue weighted by Crippen LogP contribution is -2.30. The molecule has 0 unspecified atom stereocenters. The molecule has 25 heavy (non-hydrogen) atoms. The van der Waals surface area contributed by atoms with Gasteiger partial charge in [0.1, 0.15) is 28.1 Å². The molecule has 0 spiro atoms. The van der Waals surface area contributed by atoms with Crippen LogP contribution in [0.3, 0.4) is 0 Å². The number of nitrogens with one attached hydrogen (secondary N) is 2. The standard InChI is InChI=1S/C17H14N4O4/c22-10-6-12(23)14-13(7-10)25-16-9(2-1-3-11(16)15(14)24)8-20-21-17-18-4-5-19-17/h1-3,6-8,22-23H,4-5H2,(H2,18,19,21)/b20-8-. The highest BCUT2D eigenvalue weighted by Crippen LogP contribution is 2.30. The van der Waals surface area contributed by atoms with Crippen molar-refractivity contribution in [3.63, 3.8) is 0 Å². The maximum Gasteiger partial charge on any atom is 0.212 e. The van der Waals surface area contributed by atoms with Gasteiger partial charge in [0, 0.05) is 24.2 Å². The number of nitrogens with zero attached hydrogens (tertiary/aromatic N) is 2. The van der Waals surface area contributed by atoms with Crippen LogP contribution in [0.1, 0.15) is 5.56 Å². The summed E-state index contributed by atoms with van der Waals surface area (Å²) in [6.07, 6.45) is 1.52. The Labute approximate surface area is 141 Å². The van der Waals surface area contributed by atoms with Gasteiger partial charge in [-0.1, -0.05) is 6.07 Å². The Morgan fingerprint density at radius 1 is 1.32 bits per heavy atom. The van der Waals surface area contributed by atoms with Crippen molar-refractivity contribution in [1.82, 2.24) is 10.7 Å². The molecule has 0 saturated carbocycles. The fourth-order valence-electron chi connectivity index (χ4n) is 2.72. The predicted octanol–water partition coefficient (Wildman–Crippen LogP) is 1.24. The zero-order valence-electron chi connectivity index (χ0n) is 13.0. The number of phenolic OH excluding ortho intramolecular Hbond substituents is 2. The van der Waals surface area contributed by atoms with Crippen LogP contribution in [0.25, 0.3) is 21.9 Å². The van der Waals surface area contributed by atoms with Gasteiger partial charge in [0.2, 0.25) is 11.4 Å². The molecular formula is C17H14N4O4. The van der Waals surface area contributed by atoms with Gasteiger partial charge in [-0.25, -0.2) is 10.4 Å². The van der Waals surface area contributed by atoms with Gasteiger partial charge >= 0.3 is 0 Å². The fourth-order valence-corrected chi connectivity index (χ4v) is 2.72. The number of hydrogen-bond donors (Lipinski definition) is 4. The maximum atomic E-state index is 12.7. The topological polar surface area (TPSA) is 119 Å². The van der Waals surface area contributed by atoms with Gasteiger partial charge in [-0.15, -0.1) is 0 Å². The number of phenols is 2. The van der Waals surface area contributed by atoms with Gasteiger partial charge in [0.05, 0.1) is 18.1 Å². The largest absolute Gasteiger partial charge is 0.508 e. The third kappa shape index (κ3) is 2.63. The van der Waals surface area contributed by atoms with E-state index < -0.39 is 0 Å². The molecule has 2 heterocycles. The van der Waals surface area contributed by atoms with Gasteiger partial charge in [-0.05, 0) is 12.1 Å². The highest BCUT2D eigenvalue weighted by molar-refractivity contribution is 6.01. The molecule has 126 valence electrons. The van der Waals surface area contributed by atoms with Crippen LogP contribution in [-0.4, -0.2) is 35.5 Å². The van der Waals surface area contributed by atoms with E-state index in [4.69, 9.17) is 4.42 Å². The van der Waals surface area contributed by atoms with E-state index in [2.05, 4.69) is 20.8 Å². The van der Waals surface area contributed by atoms with Crippen LogP contribution in [-0.2, 0) is 0 Å². The molecule has 3 aromatic rings. The first-order valence-electron chi connectivity index (χ1n) is 7.62. The first-order valence-corrected chi connectivity index (χ1v) is 7.62. The molecule has 0 aliphatic carbocycles. The van der Waals surface area contributed by atoms with E-state index in [9.17, 15) is 15.0 Å². The number of hydrogen-bond acceptors (Lipinski definition) is 8. The van der Waals surface area contributed by atoms with Crippen molar-refractivity contribution in [2.75, 3.05) is 13.1 Å². The summed E-state index contributed by atoms with van der Waals surface area (Å²) in [6, 6.07) is 7.46. The number of aliphatic imine (C=N–C) groups is 1. The lowest BCUT2D eigenvalue weighted by atomic mass is 10.1. The molecule has 4 rings (SSSR count). The zero-order valence-corrected chi connectivity index (χ0v) is 13.0. The van der Waals surface area contributed by atoms with E-state index in [-0.39, 0.29) is 27.9 Å².